The fourth-order valence-electron chi connectivity index (χ4n) is 3.49. The molecule has 0 unspecified atom stereocenters. The first kappa shape index (κ1) is 15.5. The van der Waals surface area contributed by atoms with Gasteiger partial charge in [-0.15, -0.1) is 5.10 Å². The van der Waals surface area contributed by atoms with Gasteiger partial charge in [-0.3, -0.25) is 9.69 Å². The topological polar surface area (TPSA) is 79.7 Å². The summed E-state index contributed by atoms with van der Waals surface area (Å²) in [6.45, 7) is 2.17. The Hall–Kier alpha value is -2.80. The van der Waals surface area contributed by atoms with Gasteiger partial charge in [-0.1, -0.05) is 23.4 Å². The Balaban J connectivity index is 1.32. The molecule has 1 aliphatic carbocycles. The van der Waals surface area contributed by atoms with E-state index in [1.165, 1.54) is 0 Å². The van der Waals surface area contributed by atoms with Crippen LogP contribution in [0.2, 0.25) is 0 Å². The van der Waals surface area contributed by atoms with Crippen LogP contribution in [0, 0.1) is 0 Å². The van der Waals surface area contributed by atoms with Gasteiger partial charge in [-0.25, -0.2) is 9.67 Å². The van der Waals surface area contributed by atoms with Crippen LogP contribution in [0.25, 0.3) is 5.69 Å². The minimum Gasteiger partial charge on any atom is -0.310 e. The third kappa shape index (κ3) is 2.94. The van der Waals surface area contributed by atoms with Crippen molar-refractivity contribution in [2.45, 2.75) is 38.3 Å². The Morgan fingerprint density at radius 3 is 2.85 bits per heavy atom. The summed E-state index contributed by atoms with van der Waals surface area (Å²) in [4.78, 5) is 22.4. The van der Waals surface area contributed by atoms with Gasteiger partial charge in [-0.05, 0) is 25.0 Å². The average Bonchev–Trinajstić information content (AvgIpc) is 3.42. The summed E-state index contributed by atoms with van der Waals surface area (Å²) in [7, 11) is 0. The first-order valence-corrected chi connectivity index (χ1v) is 9.07. The standard InChI is InChI=1S/C19H20N6O/c26-19-16-12-24(9-8-17(16)20-18(21-19)13-6-7-13)10-14-11-25(23-22-14)15-4-2-1-3-5-15/h1-5,11,13H,6-10,12H2,(H,20,21,26). The molecule has 0 radical (unpaired) electrons. The summed E-state index contributed by atoms with van der Waals surface area (Å²) in [5, 5.41) is 8.49. The molecule has 3 heterocycles. The van der Waals surface area contributed by atoms with Gasteiger partial charge in [-0.2, -0.15) is 0 Å². The van der Waals surface area contributed by atoms with Crippen LogP contribution in [-0.4, -0.2) is 36.4 Å². The molecule has 1 N–H and O–H groups in total. The highest BCUT2D eigenvalue weighted by molar-refractivity contribution is 5.30. The van der Waals surface area contributed by atoms with E-state index >= 15 is 0 Å². The first-order valence-electron chi connectivity index (χ1n) is 9.07. The Labute approximate surface area is 150 Å². The van der Waals surface area contributed by atoms with Crippen LogP contribution in [0.5, 0.6) is 0 Å². The highest BCUT2D eigenvalue weighted by atomic mass is 16.1. The third-order valence-corrected chi connectivity index (χ3v) is 5.08. The van der Waals surface area contributed by atoms with Gasteiger partial charge < -0.3 is 4.98 Å². The average molecular weight is 348 g/mol. The molecule has 5 rings (SSSR count). The van der Waals surface area contributed by atoms with E-state index in [4.69, 9.17) is 4.98 Å². The number of H-pyrrole nitrogens is 1. The fraction of sp³-hybridized carbons (Fsp3) is 0.368. The first-order chi connectivity index (χ1) is 12.8. The Morgan fingerprint density at radius 2 is 2.04 bits per heavy atom. The summed E-state index contributed by atoms with van der Waals surface area (Å²) in [5.74, 6) is 1.35. The van der Waals surface area contributed by atoms with Gasteiger partial charge in [0.1, 0.15) is 5.82 Å². The lowest BCUT2D eigenvalue weighted by atomic mass is 10.1. The van der Waals surface area contributed by atoms with Gasteiger partial charge in [0, 0.05) is 32.0 Å². The van der Waals surface area contributed by atoms with Crippen molar-refractivity contribution in [3.63, 3.8) is 0 Å². The minimum absolute atomic E-state index is 0.0227. The SMILES string of the molecule is O=c1[nH]c(C2CC2)nc2c1CN(Cc1cn(-c3ccccc3)nn1)CC2. The second-order valence-electron chi connectivity index (χ2n) is 7.10. The Morgan fingerprint density at radius 1 is 1.19 bits per heavy atom. The molecule has 0 atom stereocenters. The van der Waals surface area contributed by atoms with Crippen LogP contribution < -0.4 is 5.56 Å². The van der Waals surface area contributed by atoms with Crippen molar-refractivity contribution in [3.05, 3.63) is 69.7 Å². The number of benzene rings is 1. The lowest BCUT2D eigenvalue weighted by molar-refractivity contribution is 0.238. The number of nitrogens with one attached hydrogen (secondary N) is 1. The van der Waals surface area contributed by atoms with E-state index in [-0.39, 0.29) is 5.56 Å². The molecule has 132 valence electrons. The number of rotatable bonds is 4. The van der Waals surface area contributed by atoms with Crippen molar-refractivity contribution < 1.29 is 0 Å². The van der Waals surface area contributed by atoms with E-state index in [0.29, 0.717) is 19.0 Å². The Kier molecular flexibility index (Phi) is 3.67. The zero-order valence-electron chi connectivity index (χ0n) is 14.4. The maximum atomic E-state index is 12.4. The zero-order chi connectivity index (χ0) is 17.5. The molecular weight excluding hydrogens is 328 g/mol. The van der Waals surface area contributed by atoms with Crippen molar-refractivity contribution in [1.29, 1.82) is 0 Å². The van der Waals surface area contributed by atoms with Crippen molar-refractivity contribution in [3.8, 4) is 5.69 Å². The third-order valence-electron chi connectivity index (χ3n) is 5.08. The zero-order valence-corrected chi connectivity index (χ0v) is 14.4. The van der Waals surface area contributed by atoms with Crippen LogP contribution in [0.1, 0.15) is 41.5 Å². The maximum Gasteiger partial charge on any atom is 0.255 e. The van der Waals surface area contributed by atoms with E-state index in [0.717, 1.165) is 54.3 Å². The minimum atomic E-state index is 0.0227. The number of nitrogens with zero attached hydrogens (tertiary/aromatic N) is 5. The quantitative estimate of drug-likeness (QED) is 0.777. The normalized spacial score (nSPS) is 17.2. The van der Waals surface area contributed by atoms with Gasteiger partial charge in [0.05, 0.1) is 28.8 Å². The monoisotopic (exact) mass is 348 g/mol. The van der Waals surface area contributed by atoms with Crippen molar-refractivity contribution in [2.24, 2.45) is 0 Å². The summed E-state index contributed by atoms with van der Waals surface area (Å²) in [6, 6.07) is 9.93. The van der Waals surface area contributed by atoms with E-state index < -0.39 is 0 Å². The molecule has 3 aromatic rings. The molecule has 0 amide bonds. The van der Waals surface area contributed by atoms with Crippen LogP contribution in [-0.2, 0) is 19.5 Å². The molecular formula is C19H20N6O. The van der Waals surface area contributed by atoms with E-state index in [2.05, 4.69) is 20.2 Å². The summed E-state index contributed by atoms with van der Waals surface area (Å²) >= 11 is 0. The van der Waals surface area contributed by atoms with Gasteiger partial charge >= 0.3 is 0 Å². The molecule has 2 aromatic heterocycles. The van der Waals surface area contributed by atoms with Crippen molar-refractivity contribution in [1.82, 2.24) is 29.9 Å². The van der Waals surface area contributed by atoms with Crippen molar-refractivity contribution in [2.75, 3.05) is 6.54 Å². The maximum absolute atomic E-state index is 12.4. The number of aromatic nitrogens is 5. The predicted molar refractivity (Wildman–Crippen MR) is 96.0 cm³/mol. The molecule has 1 aromatic carbocycles. The molecule has 7 nitrogen and oxygen atoms in total. The molecule has 1 fully saturated rings. The van der Waals surface area contributed by atoms with Crippen molar-refractivity contribution >= 4 is 0 Å². The molecule has 2 aliphatic rings. The second kappa shape index (κ2) is 6.17. The summed E-state index contributed by atoms with van der Waals surface area (Å²) in [6.07, 6.45) is 5.05. The molecule has 0 saturated heterocycles. The number of hydrogen-bond acceptors (Lipinski definition) is 5. The van der Waals surface area contributed by atoms with Crippen LogP contribution >= 0.6 is 0 Å². The van der Waals surface area contributed by atoms with Gasteiger partial charge in [0.25, 0.3) is 5.56 Å². The van der Waals surface area contributed by atoms with E-state index in [1.54, 1.807) is 4.68 Å². The van der Waals surface area contributed by atoms with Gasteiger partial charge in [0.2, 0.25) is 0 Å². The van der Waals surface area contributed by atoms with Crippen LogP contribution in [0.4, 0.5) is 0 Å². The molecule has 1 saturated carbocycles. The number of hydrogen-bond donors (Lipinski definition) is 1. The summed E-state index contributed by atoms with van der Waals surface area (Å²) in [5.41, 5.74) is 3.69. The molecule has 7 heteroatoms. The van der Waals surface area contributed by atoms with E-state index in [1.807, 2.05) is 36.5 Å². The molecule has 0 bridgehead atoms. The lowest BCUT2D eigenvalue weighted by Gasteiger charge is -2.26. The smallest absolute Gasteiger partial charge is 0.255 e. The molecule has 26 heavy (non-hydrogen) atoms. The lowest BCUT2D eigenvalue weighted by Crippen LogP contribution is -2.35. The predicted octanol–water partition coefficient (Wildman–Crippen LogP) is 1.79. The number of fused-ring (bicyclic) bond motifs is 1. The second-order valence-corrected chi connectivity index (χ2v) is 7.10. The Bertz CT molecular complexity index is 989. The molecule has 1 aliphatic heterocycles. The summed E-state index contributed by atoms with van der Waals surface area (Å²) < 4.78 is 1.78. The highest BCUT2D eigenvalue weighted by Crippen LogP contribution is 2.37. The number of para-hydroxylation sites is 1. The largest absolute Gasteiger partial charge is 0.310 e. The highest BCUT2D eigenvalue weighted by Gasteiger charge is 2.29. The molecule has 0 spiro atoms. The van der Waals surface area contributed by atoms with Crippen LogP contribution in [0.3, 0.4) is 0 Å². The number of aromatic amines is 1. The fourth-order valence-corrected chi connectivity index (χ4v) is 3.49. The van der Waals surface area contributed by atoms with Gasteiger partial charge in [0.15, 0.2) is 0 Å². The van der Waals surface area contributed by atoms with E-state index in [9.17, 15) is 4.79 Å². The van der Waals surface area contributed by atoms with Crippen LogP contribution in [0.15, 0.2) is 41.3 Å².